The normalized spacial score (nSPS) is 14.0. The number of alkyl carbamates (subject to hydrolysis) is 1. The highest BCUT2D eigenvalue weighted by molar-refractivity contribution is 5.93. The molecule has 0 saturated heterocycles. The Bertz CT molecular complexity index is 1560. The fraction of sp³-hybridized carbons (Fsp3) is 0.361. The van der Waals surface area contributed by atoms with Crippen molar-refractivity contribution >= 4 is 29.8 Å². The summed E-state index contributed by atoms with van der Waals surface area (Å²) in [5, 5.41) is 7.85. The number of benzene rings is 3. The number of amides is 4. The SMILES string of the molecule is C[C@H](NC(=O)OCC1c2ccccc2-c2ccccc21)C(=O)N[C@@H](Cc1ccccc1)C(=O)N[C@@H](CCC(N)=O)C(=O)OC(C)(C)C. The molecule has 11 heteroatoms. The highest BCUT2D eigenvalue weighted by Crippen LogP contribution is 2.44. The monoisotopic (exact) mass is 642 g/mol. The van der Waals surface area contributed by atoms with Gasteiger partial charge in [-0.3, -0.25) is 14.4 Å². The van der Waals surface area contributed by atoms with Gasteiger partial charge in [-0.05, 0) is 61.9 Å². The molecule has 3 atom stereocenters. The molecule has 248 valence electrons. The van der Waals surface area contributed by atoms with Gasteiger partial charge in [0.05, 0.1) is 0 Å². The zero-order chi connectivity index (χ0) is 34.1. The van der Waals surface area contributed by atoms with Crippen LogP contribution in [0.2, 0.25) is 0 Å². The first-order valence-electron chi connectivity index (χ1n) is 15.6. The number of rotatable bonds is 13. The van der Waals surface area contributed by atoms with Crippen LogP contribution < -0.4 is 21.7 Å². The Morgan fingerprint density at radius 3 is 1.89 bits per heavy atom. The number of nitrogens with one attached hydrogen (secondary N) is 3. The molecule has 47 heavy (non-hydrogen) atoms. The molecule has 4 rings (SSSR count). The van der Waals surface area contributed by atoms with E-state index in [0.29, 0.717) is 0 Å². The van der Waals surface area contributed by atoms with Crippen LogP contribution >= 0.6 is 0 Å². The molecule has 3 aromatic rings. The van der Waals surface area contributed by atoms with E-state index >= 15 is 0 Å². The summed E-state index contributed by atoms with van der Waals surface area (Å²) in [6.45, 7) is 6.60. The Kier molecular flexibility index (Phi) is 11.4. The minimum absolute atomic E-state index is 0.0740. The number of hydrogen-bond donors (Lipinski definition) is 4. The Labute approximate surface area is 274 Å². The fourth-order valence-corrected chi connectivity index (χ4v) is 5.42. The van der Waals surface area contributed by atoms with Gasteiger partial charge in [0.1, 0.15) is 30.3 Å². The largest absolute Gasteiger partial charge is 0.458 e. The first-order valence-corrected chi connectivity index (χ1v) is 15.6. The van der Waals surface area contributed by atoms with Gasteiger partial charge >= 0.3 is 12.1 Å². The highest BCUT2D eigenvalue weighted by atomic mass is 16.6. The van der Waals surface area contributed by atoms with Gasteiger partial charge in [-0.2, -0.15) is 0 Å². The first-order chi connectivity index (χ1) is 22.3. The van der Waals surface area contributed by atoms with Gasteiger partial charge in [0.15, 0.2) is 0 Å². The van der Waals surface area contributed by atoms with E-state index in [-0.39, 0.29) is 31.8 Å². The molecule has 0 spiro atoms. The Balaban J connectivity index is 1.41. The molecular weight excluding hydrogens is 600 g/mol. The van der Waals surface area contributed by atoms with Gasteiger partial charge in [0.25, 0.3) is 0 Å². The number of primary amides is 1. The van der Waals surface area contributed by atoms with Crippen molar-refractivity contribution in [2.45, 2.75) is 76.6 Å². The Hall–Kier alpha value is -5.19. The molecule has 0 saturated carbocycles. The summed E-state index contributed by atoms with van der Waals surface area (Å²) < 4.78 is 11.0. The number of hydrogen-bond acceptors (Lipinski definition) is 7. The Morgan fingerprint density at radius 2 is 1.32 bits per heavy atom. The molecule has 0 aliphatic heterocycles. The van der Waals surface area contributed by atoms with E-state index in [2.05, 4.69) is 16.0 Å². The van der Waals surface area contributed by atoms with E-state index in [0.717, 1.165) is 27.8 Å². The molecule has 11 nitrogen and oxygen atoms in total. The molecule has 0 aromatic heterocycles. The van der Waals surface area contributed by atoms with Gasteiger partial charge in [0, 0.05) is 18.8 Å². The van der Waals surface area contributed by atoms with Crippen molar-refractivity contribution in [1.82, 2.24) is 16.0 Å². The first kappa shape index (κ1) is 34.7. The second kappa shape index (κ2) is 15.4. The lowest BCUT2D eigenvalue weighted by Gasteiger charge is -2.27. The van der Waals surface area contributed by atoms with Crippen molar-refractivity contribution < 1.29 is 33.4 Å². The maximum Gasteiger partial charge on any atom is 0.407 e. The summed E-state index contributed by atoms with van der Waals surface area (Å²) in [4.78, 5) is 64.0. The van der Waals surface area contributed by atoms with Crippen molar-refractivity contribution in [1.29, 1.82) is 0 Å². The van der Waals surface area contributed by atoms with Crippen LogP contribution in [-0.2, 0) is 35.1 Å². The smallest absolute Gasteiger partial charge is 0.407 e. The van der Waals surface area contributed by atoms with Crippen molar-refractivity contribution in [3.05, 3.63) is 95.6 Å². The molecule has 0 radical (unpaired) electrons. The summed E-state index contributed by atoms with van der Waals surface area (Å²) in [7, 11) is 0. The van der Waals surface area contributed by atoms with E-state index in [4.69, 9.17) is 15.2 Å². The summed E-state index contributed by atoms with van der Waals surface area (Å²) in [6, 6.07) is 21.6. The third-order valence-electron chi connectivity index (χ3n) is 7.67. The van der Waals surface area contributed by atoms with Crippen LogP contribution in [0.1, 0.15) is 63.1 Å². The summed E-state index contributed by atoms with van der Waals surface area (Å²) >= 11 is 0. The molecular formula is C36H42N4O7. The van der Waals surface area contributed by atoms with E-state index in [9.17, 15) is 24.0 Å². The summed E-state index contributed by atoms with van der Waals surface area (Å²) in [5.74, 6) is -2.84. The van der Waals surface area contributed by atoms with Crippen molar-refractivity contribution in [3.63, 3.8) is 0 Å². The molecule has 4 amide bonds. The van der Waals surface area contributed by atoms with E-state index < -0.39 is 53.5 Å². The number of fused-ring (bicyclic) bond motifs is 3. The van der Waals surface area contributed by atoms with Crippen LogP contribution in [0.5, 0.6) is 0 Å². The standard InChI is InChI=1S/C36H42N4O7/c1-22(38-35(45)46-21-28-26-16-10-8-14-24(26)25-15-9-11-17-27(25)28)32(42)40-30(20-23-12-6-5-7-13-23)33(43)39-29(18-19-31(37)41)34(44)47-36(2,3)4/h5-17,22,28-30H,18-21H2,1-4H3,(H2,37,41)(H,38,45)(H,39,43)(H,40,42)/t22-,29-,30-/m0/s1. The number of carbonyl (C=O) groups excluding carboxylic acids is 5. The zero-order valence-corrected chi connectivity index (χ0v) is 27.1. The lowest BCUT2D eigenvalue weighted by Crippen LogP contribution is -2.56. The van der Waals surface area contributed by atoms with Crippen LogP contribution in [-0.4, -0.2) is 60.1 Å². The second-order valence-corrected chi connectivity index (χ2v) is 12.5. The van der Waals surface area contributed by atoms with Crippen molar-refractivity contribution in [2.24, 2.45) is 5.73 Å². The third kappa shape index (κ3) is 9.65. The predicted molar refractivity (Wildman–Crippen MR) is 176 cm³/mol. The maximum atomic E-state index is 13.5. The molecule has 1 aliphatic carbocycles. The molecule has 3 aromatic carbocycles. The number of ether oxygens (including phenoxy) is 2. The van der Waals surface area contributed by atoms with Crippen LogP contribution in [0, 0.1) is 0 Å². The number of esters is 1. The molecule has 0 fully saturated rings. The average Bonchev–Trinajstić information content (AvgIpc) is 3.34. The number of carbonyl (C=O) groups is 5. The lowest BCUT2D eigenvalue weighted by atomic mass is 9.98. The average molecular weight is 643 g/mol. The van der Waals surface area contributed by atoms with E-state index in [1.54, 1.807) is 45.0 Å². The van der Waals surface area contributed by atoms with Gasteiger partial charge in [-0.15, -0.1) is 0 Å². The highest BCUT2D eigenvalue weighted by Gasteiger charge is 2.32. The van der Waals surface area contributed by atoms with Crippen molar-refractivity contribution in [3.8, 4) is 11.1 Å². The van der Waals surface area contributed by atoms with Gasteiger partial charge in [0.2, 0.25) is 17.7 Å². The Morgan fingerprint density at radius 1 is 0.766 bits per heavy atom. The lowest BCUT2D eigenvalue weighted by molar-refractivity contribution is -0.159. The van der Waals surface area contributed by atoms with Gasteiger partial charge in [-0.25, -0.2) is 9.59 Å². The molecule has 0 bridgehead atoms. The minimum Gasteiger partial charge on any atom is -0.458 e. The molecule has 0 heterocycles. The minimum atomic E-state index is -1.18. The zero-order valence-electron chi connectivity index (χ0n) is 27.1. The second-order valence-electron chi connectivity index (χ2n) is 12.5. The van der Waals surface area contributed by atoms with Gasteiger partial charge in [-0.1, -0.05) is 78.9 Å². The summed E-state index contributed by atoms with van der Waals surface area (Å²) in [6.07, 6.45) is -0.939. The third-order valence-corrected chi connectivity index (χ3v) is 7.67. The van der Waals surface area contributed by atoms with Crippen LogP contribution in [0.3, 0.4) is 0 Å². The fourth-order valence-electron chi connectivity index (χ4n) is 5.42. The summed E-state index contributed by atoms with van der Waals surface area (Å²) in [5.41, 5.74) is 9.50. The van der Waals surface area contributed by atoms with Crippen LogP contribution in [0.25, 0.3) is 11.1 Å². The number of nitrogens with two attached hydrogens (primary N) is 1. The van der Waals surface area contributed by atoms with Gasteiger partial charge < -0.3 is 31.2 Å². The van der Waals surface area contributed by atoms with E-state index in [1.165, 1.54) is 6.92 Å². The topological polar surface area (TPSA) is 166 Å². The molecule has 1 aliphatic rings. The van der Waals surface area contributed by atoms with Crippen LogP contribution in [0.4, 0.5) is 4.79 Å². The van der Waals surface area contributed by atoms with Crippen LogP contribution in [0.15, 0.2) is 78.9 Å². The van der Waals surface area contributed by atoms with Crippen molar-refractivity contribution in [2.75, 3.05) is 6.61 Å². The quantitative estimate of drug-likeness (QED) is 0.206. The molecule has 0 unspecified atom stereocenters. The predicted octanol–water partition coefficient (Wildman–Crippen LogP) is 3.73. The van der Waals surface area contributed by atoms with E-state index in [1.807, 2.05) is 54.6 Å². The maximum absolute atomic E-state index is 13.5. The molecule has 5 N–H and O–H groups in total.